The Labute approximate surface area is 161 Å². The molecular formula is C17H22N4O7. The zero-order valence-corrected chi connectivity index (χ0v) is 15.4. The number of rotatable bonds is 8. The average molecular weight is 394 g/mol. The number of nitro benzene ring substituents is 1. The van der Waals surface area contributed by atoms with Crippen molar-refractivity contribution in [2.75, 3.05) is 44.9 Å². The number of imide groups is 1. The number of ether oxygens (including phenoxy) is 2. The van der Waals surface area contributed by atoms with E-state index < -0.39 is 29.4 Å². The van der Waals surface area contributed by atoms with E-state index in [0.29, 0.717) is 5.69 Å². The van der Waals surface area contributed by atoms with Crippen molar-refractivity contribution in [1.29, 1.82) is 0 Å². The predicted molar refractivity (Wildman–Crippen MR) is 98.2 cm³/mol. The van der Waals surface area contributed by atoms with Gasteiger partial charge in [-0.1, -0.05) is 0 Å². The Balaban J connectivity index is 2.00. The molecule has 152 valence electrons. The number of non-ortho nitro benzene ring substituents is 1. The number of nitrogens with one attached hydrogen (secondary N) is 2. The Hall–Kier alpha value is -3.21. The summed E-state index contributed by atoms with van der Waals surface area (Å²) in [5.74, 6) is -1.70. The van der Waals surface area contributed by atoms with E-state index in [-0.39, 0.29) is 24.4 Å². The summed E-state index contributed by atoms with van der Waals surface area (Å²) in [5.41, 5.74) is 0.274. The molecule has 11 heteroatoms. The third-order valence-corrected chi connectivity index (χ3v) is 4.04. The summed E-state index contributed by atoms with van der Waals surface area (Å²) in [6.07, 6.45) is 1.90. The highest BCUT2D eigenvalue weighted by Crippen LogP contribution is 2.28. The fourth-order valence-corrected chi connectivity index (χ4v) is 2.72. The van der Waals surface area contributed by atoms with Gasteiger partial charge in [0.2, 0.25) is 0 Å². The van der Waals surface area contributed by atoms with Gasteiger partial charge in [-0.15, -0.1) is 0 Å². The highest BCUT2D eigenvalue weighted by Gasteiger charge is 2.24. The topological polar surface area (TPSA) is 140 Å². The number of hydrogen-bond donors (Lipinski definition) is 2. The zero-order valence-electron chi connectivity index (χ0n) is 15.4. The summed E-state index contributed by atoms with van der Waals surface area (Å²) in [4.78, 5) is 48.0. The van der Waals surface area contributed by atoms with Crippen LogP contribution >= 0.6 is 0 Å². The van der Waals surface area contributed by atoms with Gasteiger partial charge in [-0.3, -0.25) is 20.2 Å². The molecule has 1 aliphatic heterocycles. The van der Waals surface area contributed by atoms with Crippen molar-refractivity contribution < 1.29 is 28.8 Å². The molecule has 0 unspecified atom stereocenters. The number of urea groups is 1. The van der Waals surface area contributed by atoms with Crippen molar-refractivity contribution in [3.8, 4) is 0 Å². The minimum atomic E-state index is -0.874. The third kappa shape index (κ3) is 5.91. The van der Waals surface area contributed by atoms with Gasteiger partial charge < -0.3 is 19.7 Å². The molecule has 3 amide bonds. The van der Waals surface area contributed by atoms with E-state index in [9.17, 15) is 24.5 Å². The Morgan fingerprint density at radius 2 is 1.96 bits per heavy atom. The van der Waals surface area contributed by atoms with Crippen LogP contribution in [0.3, 0.4) is 0 Å². The molecule has 2 rings (SSSR count). The summed E-state index contributed by atoms with van der Waals surface area (Å²) in [7, 11) is 1.47. The second-order valence-electron chi connectivity index (χ2n) is 6.03. The zero-order chi connectivity index (χ0) is 20.5. The molecule has 1 heterocycles. The van der Waals surface area contributed by atoms with Gasteiger partial charge in [0.1, 0.15) is 0 Å². The fraction of sp³-hybridized carbons (Fsp3) is 0.471. The number of carbonyl (C=O) groups is 3. The monoisotopic (exact) mass is 394 g/mol. The number of carbonyl (C=O) groups excluding carboxylic acids is 3. The second-order valence-corrected chi connectivity index (χ2v) is 6.03. The van der Waals surface area contributed by atoms with Gasteiger partial charge in [0.25, 0.3) is 11.6 Å². The number of esters is 1. The molecule has 1 saturated heterocycles. The number of methoxy groups -OCH3 is 1. The average Bonchev–Trinajstić information content (AvgIpc) is 3.20. The molecular weight excluding hydrogens is 372 g/mol. The summed E-state index contributed by atoms with van der Waals surface area (Å²) in [6.45, 7) is 1.24. The van der Waals surface area contributed by atoms with Crippen molar-refractivity contribution in [3.05, 3.63) is 33.9 Å². The lowest BCUT2D eigenvalue weighted by atomic mass is 10.1. The van der Waals surface area contributed by atoms with Crippen LogP contribution < -0.4 is 15.5 Å². The number of nitrogens with zero attached hydrogens (tertiary/aromatic N) is 2. The van der Waals surface area contributed by atoms with E-state index in [0.717, 1.165) is 32.0 Å². The molecule has 0 aliphatic carbocycles. The van der Waals surface area contributed by atoms with Crippen molar-refractivity contribution in [1.82, 2.24) is 10.6 Å². The van der Waals surface area contributed by atoms with E-state index in [2.05, 4.69) is 5.32 Å². The van der Waals surface area contributed by atoms with Gasteiger partial charge in [0.05, 0.1) is 22.8 Å². The summed E-state index contributed by atoms with van der Waals surface area (Å²) in [6, 6.07) is 3.21. The summed E-state index contributed by atoms with van der Waals surface area (Å²) >= 11 is 0. The van der Waals surface area contributed by atoms with Crippen LogP contribution in [0.1, 0.15) is 23.2 Å². The molecule has 2 N–H and O–H groups in total. The maximum atomic E-state index is 12.4. The quantitative estimate of drug-likeness (QED) is 0.286. The van der Waals surface area contributed by atoms with Gasteiger partial charge in [0, 0.05) is 38.9 Å². The van der Waals surface area contributed by atoms with Crippen molar-refractivity contribution in [2.45, 2.75) is 12.8 Å². The van der Waals surface area contributed by atoms with Gasteiger partial charge in [0.15, 0.2) is 6.61 Å². The lowest BCUT2D eigenvalue weighted by molar-refractivity contribution is -0.384. The SMILES string of the molecule is COCCNC(=O)NC(=O)COC(=O)c1cc([N+](=O)[O-])ccc1N1CCCC1. The molecule has 0 bridgehead atoms. The lowest BCUT2D eigenvalue weighted by Crippen LogP contribution is -2.42. The summed E-state index contributed by atoms with van der Waals surface area (Å²) < 4.78 is 9.70. The molecule has 1 fully saturated rings. The standard InChI is InChI=1S/C17H22N4O7/c1-27-9-6-18-17(24)19-15(22)11-28-16(23)13-10-12(21(25)26)4-5-14(13)20-7-2-3-8-20/h4-5,10H,2-3,6-9,11H2,1H3,(H2,18,19,22,24). The second kappa shape index (κ2) is 10.2. The molecule has 28 heavy (non-hydrogen) atoms. The molecule has 0 atom stereocenters. The number of nitro groups is 1. The van der Waals surface area contributed by atoms with Gasteiger partial charge in [-0.25, -0.2) is 9.59 Å². The Morgan fingerprint density at radius 3 is 2.61 bits per heavy atom. The summed E-state index contributed by atoms with van der Waals surface area (Å²) in [5, 5.41) is 15.4. The van der Waals surface area contributed by atoms with Crippen LogP contribution in [0.5, 0.6) is 0 Å². The van der Waals surface area contributed by atoms with Crippen LogP contribution in [0.2, 0.25) is 0 Å². The van der Waals surface area contributed by atoms with Crippen LogP contribution in [0.25, 0.3) is 0 Å². The molecule has 1 aliphatic rings. The third-order valence-electron chi connectivity index (χ3n) is 4.04. The van der Waals surface area contributed by atoms with E-state index in [1.165, 1.54) is 19.2 Å². The van der Waals surface area contributed by atoms with Gasteiger partial charge in [-0.2, -0.15) is 0 Å². The molecule has 0 radical (unpaired) electrons. The molecule has 0 aromatic heterocycles. The van der Waals surface area contributed by atoms with Crippen molar-refractivity contribution in [2.24, 2.45) is 0 Å². The lowest BCUT2D eigenvalue weighted by Gasteiger charge is -2.20. The number of hydrogen-bond acceptors (Lipinski definition) is 8. The molecule has 1 aromatic rings. The minimum absolute atomic E-state index is 0.00782. The fourth-order valence-electron chi connectivity index (χ4n) is 2.72. The Morgan fingerprint density at radius 1 is 1.25 bits per heavy atom. The smallest absolute Gasteiger partial charge is 0.341 e. The van der Waals surface area contributed by atoms with Crippen LogP contribution in [0.15, 0.2) is 18.2 Å². The highest BCUT2D eigenvalue weighted by atomic mass is 16.6. The number of amides is 3. The van der Waals surface area contributed by atoms with E-state index in [1.54, 1.807) is 0 Å². The van der Waals surface area contributed by atoms with Crippen LogP contribution in [0.4, 0.5) is 16.2 Å². The van der Waals surface area contributed by atoms with E-state index in [4.69, 9.17) is 9.47 Å². The van der Waals surface area contributed by atoms with E-state index >= 15 is 0 Å². The highest BCUT2D eigenvalue weighted by molar-refractivity contribution is 5.99. The largest absolute Gasteiger partial charge is 0.452 e. The first kappa shape index (κ1) is 21.1. The first-order valence-corrected chi connectivity index (χ1v) is 8.69. The van der Waals surface area contributed by atoms with Gasteiger partial charge >= 0.3 is 12.0 Å². The Kier molecular flexibility index (Phi) is 7.69. The molecule has 1 aromatic carbocycles. The maximum Gasteiger partial charge on any atom is 0.341 e. The van der Waals surface area contributed by atoms with Gasteiger partial charge in [-0.05, 0) is 18.9 Å². The molecule has 0 spiro atoms. The number of benzene rings is 1. The first-order valence-electron chi connectivity index (χ1n) is 8.69. The van der Waals surface area contributed by atoms with Crippen molar-refractivity contribution in [3.63, 3.8) is 0 Å². The van der Waals surface area contributed by atoms with Crippen LogP contribution in [0, 0.1) is 10.1 Å². The number of anilines is 1. The molecule has 11 nitrogen and oxygen atoms in total. The predicted octanol–water partition coefficient (Wildman–Crippen LogP) is 0.824. The van der Waals surface area contributed by atoms with E-state index in [1.807, 2.05) is 10.2 Å². The maximum absolute atomic E-state index is 12.4. The van der Waals surface area contributed by atoms with Crippen LogP contribution in [-0.2, 0) is 14.3 Å². The minimum Gasteiger partial charge on any atom is -0.452 e. The normalized spacial score (nSPS) is 13.1. The first-order chi connectivity index (χ1) is 13.4. The molecule has 0 saturated carbocycles. The van der Waals surface area contributed by atoms with Crippen molar-refractivity contribution >= 4 is 29.3 Å². The Bertz CT molecular complexity index is 747. The van der Waals surface area contributed by atoms with Crippen LogP contribution in [-0.4, -0.2) is 62.8 Å².